The summed E-state index contributed by atoms with van der Waals surface area (Å²) in [7, 11) is 0. The topological polar surface area (TPSA) is 93.4 Å². The van der Waals surface area contributed by atoms with Crippen LogP contribution >= 0.6 is 0 Å². The second-order valence-corrected chi connectivity index (χ2v) is 4.18. The highest BCUT2D eigenvalue weighted by Crippen LogP contribution is 2.31. The summed E-state index contributed by atoms with van der Waals surface area (Å²) in [5, 5.41) is 14.2. The van der Waals surface area contributed by atoms with Gasteiger partial charge in [0.25, 0.3) is 0 Å². The van der Waals surface area contributed by atoms with Gasteiger partial charge < -0.3 is 15.0 Å². The van der Waals surface area contributed by atoms with Crippen molar-refractivity contribution in [2.75, 3.05) is 43.1 Å². The van der Waals surface area contributed by atoms with Crippen molar-refractivity contribution < 1.29 is 9.66 Å². The van der Waals surface area contributed by atoms with Crippen LogP contribution in [0.25, 0.3) is 0 Å². The number of morpholine rings is 1. The number of ether oxygens (including phenoxy) is 1. The fraction of sp³-hybridized carbons (Fsp3) is 0.636. The van der Waals surface area contributed by atoms with Crippen molar-refractivity contribution in [2.45, 2.75) is 13.3 Å². The lowest BCUT2D eigenvalue weighted by molar-refractivity contribution is -0.383. The Labute approximate surface area is 110 Å². The third kappa shape index (κ3) is 3.08. The van der Waals surface area contributed by atoms with Gasteiger partial charge in [0.2, 0.25) is 11.6 Å². The largest absolute Gasteiger partial charge is 0.378 e. The van der Waals surface area contributed by atoms with Gasteiger partial charge >= 0.3 is 5.69 Å². The molecule has 0 unspecified atom stereocenters. The summed E-state index contributed by atoms with van der Waals surface area (Å²) in [6.45, 7) is 4.94. The van der Waals surface area contributed by atoms with Crippen molar-refractivity contribution in [1.29, 1.82) is 0 Å². The Bertz CT molecular complexity index is 448. The molecule has 0 spiro atoms. The van der Waals surface area contributed by atoms with Crippen LogP contribution < -0.4 is 10.2 Å². The van der Waals surface area contributed by atoms with Crippen LogP contribution in [0.5, 0.6) is 0 Å². The molecule has 1 N–H and O–H groups in total. The molecule has 104 valence electrons. The average Bonchev–Trinajstić information content (AvgIpc) is 2.45. The molecule has 19 heavy (non-hydrogen) atoms. The monoisotopic (exact) mass is 267 g/mol. The Morgan fingerprint density at radius 1 is 1.47 bits per heavy atom. The summed E-state index contributed by atoms with van der Waals surface area (Å²) < 4.78 is 5.25. The second-order valence-electron chi connectivity index (χ2n) is 4.18. The van der Waals surface area contributed by atoms with Gasteiger partial charge in [-0.15, -0.1) is 0 Å². The standard InChI is InChI=1S/C11H17N5O3/c1-2-3-12-10-9(16(17)18)11(14-8-13-10)15-4-6-19-7-5-15/h8H,2-7H2,1H3,(H,12,13,14). The lowest BCUT2D eigenvalue weighted by atomic mass is 10.3. The first-order valence-corrected chi connectivity index (χ1v) is 6.30. The van der Waals surface area contributed by atoms with E-state index < -0.39 is 4.92 Å². The fourth-order valence-corrected chi connectivity index (χ4v) is 1.92. The van der Waals surface area contributed by atoms with Crippen LogP contribution in [0.2, 0.25) is 0 Å². The molecule has 1 fully saturated rings. The maximum absolute atomic E-state index is 11.3. The molecule has 0 bridgehead atoms. The van der Waals surface area contributed by atoms with Crippen LogP contribution in [-0.2, 0) is 4.74 Å². The lowest BCUT2D eigenvalue weighted by Crippen LogP contribution is -2.37. The minimum absolute atomic E-state index is 0.0575. The summed E-state index contributed by atoms with van der Waals surface area (Å²) in [5.41, 5.74) is -0.0575. The van der Waals surface area contributed by atoms with Gasteiger partial charge in [-0.2, -0.15) is 0 Å². The van der Waals surface area contributed by atoms with Crippen LogP contribution in [0.1, 0.15) is 13.3 Å². The van der Waals surface area contributed by atoms with E-state index in [2.05, 4.69) is 15.3 Å². The summed E-state index contributed by atoms with van der Waals surface area (Å²) in [6.07, 6.45) is 2.23. The molecule has 0 aliphatic carbocycles. The van der Waals surface area contributed by atoms with E-state index in [-0.39, 0.29) is 11.5 Å². The minimum Gasteiger partial charge on any atom is -0.378 e. The first kappa shape index (κ1) is 13.5. The molecule has 0 amide bonds. The molecule has 0 aromatic carbocycles. The number of anilines is 2. The predicted molar refractivity (Wildman–Crippen MR) is 70.5 cm³/mol. The van der Waals surface area contributed by atoms with Crippen molar-refractivity contribution in [2.24, 2.45) is 0 Å². The Hall–Kier alpha value is -1.96. The first-order valence-electron chi connectivity index (χ1n) is 6.30. The number of aromatic nitrogens is 2. The van der Waals surface area contributed by atoms with E-state index in [0.29, 0.717) is 38.7 Å². The maximum Gasteiger partial charge on any atom is 0.353 e. The molecule has 1 aliphatic rings. The highest BCUT2D eigenvalue weighted by molar-refractivity contribution is 5.70. The van der Waals surface area contributed by atoms with E-state index in [0.717, 1.165) is 6.42 Å². The van der Waals surface area contributed by atoms with Crippen LogP contribution in [0.3, 0.4) is 0 Å². The molecule has 1 aromatic heterocycles. The van der Waals surface area contributed by atoms with Gasteiger partial charge in [-0.1, -0.05) is 6.92 Å². The van der Waals surface area contributed by atoms with E-state index in [4.69, 9.17) is 4.74 Å². The van der Waals surface area contributed by atoms with Gasteiger partial charge in [-0.3, -0.25) is 10.1 Å². The van der Waals surface area contributed by atoms with Crippen molar-refractivity contribution in [1.82, 2.24) is 9.97 Å². The zero-order chi connectivity index (χ0) is 13.7. The fourth-order valence-electron chi connectivity index (χ4n) is 1.92. The van der Waals surface area contributed by atoms with Gasteiger partial charge in [-0.05, 0) is 6.42 Å². The van der Waals surface area contributed by atoms with Crippen molar-refractivity contribution in [3.05, 3.63) is 16.4 Å². The summed E-state index contributed by atoms with van der Waals surface area (Å²) in [6, 6.07) is 0. The molecule has 0 atom stereocenters. The van der Waals surface area contributed by atoms with E-state index in [1.807, 2.05) is 11.8 Å². The van der Waals surface area contributed by atoms with Crippen LogP contribution in [-0.4, -0.2) is 47.7 Å². The van der Waals surface area contributed by atoms with Crippen molar-refractivity contribution >= 4 is 17.3 Å². The SMILES string of the molecule is CCCNc1ncnc(N2CCOCC2)c1[N+](=O)[O-]. The smallest absolute Gasteiger partial charge is 0.353 e. The lowest BCUT2D eigenvalue weighted by Gasteiger charge is -2.27. The quantitative estimate of drug-likeness (QED) is 0.629. The number of rotatable bonds is 5. The summed E-state index contributed by atoms with van der Waals surface area (Å²) >= 11 is 0. The Morgan fingerprint density at radius 2 is 2.21 bits per heavy atom. The molecule has 2 heterocycles. The molecular weight excluding hydrogens is 250 g/mol. The van der Waals surface area contributed by atoms with Crippen LogP contribution in [0, 0.1) is 10.1 Å². The number of nitrogens with one attached hydrogen (secondary N) is 1. The third-order valence-electron chi connectivity index (χ3n) is 2.84. The molecule has 2 rings (SSSR count). The number of nitrogens with zero attached hydrogens (tertiary/aromatic N) is 4. The van der Waals surface area contributed by atoms with Crippen LogP contribution in [0.4, 0.5) is 17.3 Å². The maximum atomic E-state index is 11.3. The number of hydrogen-bond acceptors (Lipinski definition) is 7. The Kier molecular flexibility index (Phi) is 4.45. The Balaban J connectivity index is 2.32. The van der Waals surface area contributed by atoms with Crippen molar-refractivity contribution in [3.63, 3.8) is 0 Å². The highest BCUT2D eigenvalue weighted by Gasteiger charge is 2.27. The van der Waals surface area contributed by atoms with E-state index in [9.17, 15) is 10.1 Å². The number of nitro groups is 1. The van der Waals surface area contributed by atoms with Gasteiger partial charge in [-0.25, -0.2) is 9.97 Å². The number of hydrogen-bond donors (Lipinski definition) is 1. The molecule has 8 heteroatoms. The minimum atomic E-state index is -0.428. The molecule has 0 radical (unpaired) electrons. The molecule has 1 aliphatic heterocycles. The van der Waals surface area contributed by atoms with E-state index in [1.54, 1.807) is 0 Å². The molecule has 8 nitrogen and oxygen atoms in total. The van der Waals surface area contributed by atoms with Crippen LogP contribution in [0.15, 0.2) is 6.33 Å². The van der Waals surface area contributed by atoms with E-state index >= 15 is 0 Å². The Morgan fingerprint density at radius 3 is 2.84 bits per heavy atom. The highest BCUT2D eigenvalue weighted by atomic mass is 16.6. The average molecular weight is 267 g/mol. The zero-order valence-corrected chi connectivity index (χ0v) is 10.8. The van der Waals surface area contributed by atoms with Gasteiger partial charge in [0.15, 0.2) is 0 Å². The second kappa shape index (κ2) is 6.28. The predicted octanol–water partition coefficient (Wildman–Crippen LogP) is 1.04. The molecular formula is C11H17N5O3. The molecule has 1 aromatic rings. The van der Waals surface area contributed by atoms with Gasteiger partial charge in [0.05, 0.1) is 18.1 Å². The third-order valence-corrected chi connectivity index (χ3v) is 2.84. The summed E-state index contributed by atoms with van der Waals surface area (Å²) in [4.78, 5) is 20.8. The molecule has 1 saturated heterocycles. The molecule has 0 saturated carbocycles. The summed E-state index contributed by atoms with van der Waals surface area (Å²) in [5.74, 6) is 0.644. The zero-order valence-electron chi connectivity index (χ0n) is 10.8. The van der Waals surface area contributed by atoms with Gasteiger partial charge in [0, 0.05) is 19.6 Å². The first-order chi connectivity index (χ1) is 9.24. The van der Waals surface area contributed by atoms with Crippen molar-refractivity contribution in [3.8, 4) is 0 Å². The van der Waals surface area contributed by atoms with E-state index in [1.165, 1.54) is 6.33 Å². The van der Waals surface area contributed by atoms with Gasteiger partial charge in [0.1, 0.15) is 6.33 Å². The normalized spacial score (nSPS) is 15.3.